The van der Waals surface area contributed by atoms with Gasteiger partial charge in [0, 0.05) is 22.9 Å². The minimum atomic E-state index is -0.354. The molecule has 0 unspecified atom stereocenters. The molecule has 1 aromatic carbocycles. The van der Waals surface area contributed by atoms with Gasteiger partial charge < -0.3 is 14.6 Å². The van der Waals surface area contributed by atoms with E-state index in [2.05, 4.69) is 4.99 Å². The monoisotopic (exact) mass is 400 g/mol. The molecule has 1 aromatic heterocycles. The topological polar surface area (TPSA) is 73.1 Å². The number of fused-ring (bicyclic) bond motifs is 2. The normalized spacial score (nSPS) is 19.9. The molecule has 1 saturated carbocycles. The zero-order valence-electron chi connectivity index (χ0n) is 14.3. The number of aromatic hydroxyl groups is 1. The zero-order valence-corrected chi connectivity index (χ0v) is 15.9. The fourth-order valence-electron chi connectivity index (χ4n) is 3.78. The van der Waals surface area contributed by atoms with E-state index in [1.807, 2.05) is 10.6 Å². The van der Waals surface area contributed by atoms with E-state index in [1.165, 1.54) is 11.3 Å². The summed E-state index contributed by atoms with van der Waals surface area (Å²) in [7, 11) is 0. The zero-order chi connectivity index (χ0) is 18.5. The number of amides is 1. The lowest BCUT2D eigenvalue weighted by Gasteiger charge is -2.12. The molecule has 5 rings (SSSR count). The van der Waals surface area contributed by atoms with Gasteiger partial charge in [-0.1, -0.05) is 12.8 Å². The molecule has 0 bridgehead atoms. The van der Waals surface area contributed by atoms with Crippen LogP contribution < -0.4 is 20.0 Å². The molecular weight excluding hydrogens is 384 g/mol. The van der Waals surface area contributed by atoms with E-state index in [0.717, 1.165) is 30.9 Å². The summed E-state index contributed by atoms with van der Waals surface area (Å²) in [6.07, 6.45) is 7.77. The van der Waals surface area contributed by atoms with Gasteiger partial charge in [0.1, 0.15) is 0 Å². The van der Waals surface area contributed by atoms with Gasteiger partial charge in [0.05, 0.1) is 10.2 Å². The highest BCUT2D eigenvalue weighted by molar-refractivity contribution is 7.73. The first-order valence-electron chi connectivity index (χ1n) is 8.80. The number of thiazole rings is 1. The number of hydrogen-bond acceptors (Lipinski definition) is 6. The Hall–Kier alpha value is -2.45. The van der Waals surface area contributed by atoms with Gasteiger partial charge in [0.25, 0.3) is 5.91 Å². The van der Waals surface area contributed by atoms with Crippen LogP contribution in [-0.2, 0) is 4.79 Å². The van der Waals surface area contributed by atoms with Crippen molar-refractivity contribution in [3.63, 3.8) is 0 Å². The van der Waals surface area contributed by atoms with E-state index in [4.69, 9.17) is 21.7 Å². The van der Waals surface area contributed by atoms with Crippen LogP contribution in [0.5, 0.6) is 17.4 Å². The summed E-state index contributed by atoms with van der Waals surface area (Å²) in [4.78, 5) is 17.2. The van der Waals surface area contributed by atoms with Gasteiger partial charge in [-0.2, -0.15) is 0 Å². The number of carbonyl (C=O) groups excluding carboxylic acids is 1. The highest BCUT2D eigenvalue weighted by Gasteiger charge is 2.23. The van der Waals surface area contributed by atoms with Crippen LogP contribution in [0.4, 0.5) is 0 Å². The summed E-state index contributed by atoms with van der Waals surface area (Å²) in [5.41, 5.74) is 0.409. The fourth-order valence-corrected chi connectivity index (χ4v) is 5.18. The summed E-state index contributed by atoms with van der Waals surface area (Å²) in [6, 6.07) is 3.77. The maximum atomic E-state index is 12.5. The van der Waals surface area contributed by atoms with Crippen LogP contribution in [0.25, 0.3) is 12.2 Å². The fraction of sp³-hybridized carbons (Fsp3) is 0.316. The molecule has 3 heterocycles. The molecule has 1 N–H and O–H groups in total. The molecule has 0 radical (unpaired) electrons. The van der Waals surface area contributed by atoms with E-state index in [0.29, 0.717) is 31.3 Å². The molecule has 2 aliphatic heterocycles. The van der Waals surface area contributed by atoms with Gasteiger partial charge in [-0.15, -0.1) is 11.3 Å². The average molecular weight is 400 g/mol. The van der Waals surface area contributed by atoms with Crippen LogP contribution >= 0.6 is 23.6 Å². The van der Waals surface area contributed by atoms with Crippen LogP contribution in [0.3, 0.4) is 0 Å². The Morgan fingerprint density at radius 2 is 2.00 bits per heavy atom. The summed E-state index contributed by atoms with van der Waals surface area (Å²) in [5.74, 6) is 1.02. The van der Waals surface area contributed by atoms with Gasteiger partial charge in [0.2, 0.25) is 12.7 Å². The van der Waals surface area contributed by atoms with E-state index in [-0.39, 0.29) is 24.6 Å². The second-order valence-corrected chi connectivity index (χ2v) is 8.47. The van der Waals surface area contributed by atoms with E-state index < -0.39 is 0 Å². The number of carbonyl (C=O) groups is 1. The van der Waals surface area contributed by atoms with Crippen LogP contribution in [-0.4, -0.2) is 22.4 Å². The molecule has 3 aliphatic rings. The minimum Gasteiger partial charge on any atom is -0.493 e. The summed E-state index contributed by atoms with van der Waals surface area (Å²) < 4.78 is 13.2. The Morgan fingerprint density at radius 1 is 1.26 bits per heavy atom. The number of aromatic nitrogens is 1. The van der Waals surface area contributed by atoms with Crippen LogP contribution in [0.15, 0.2) is 22.7 Å². The first-order chi connectivity index (χ1) is 13.1. The smallest absolute Gasteiger partial charge is 0.277 e. The molecular formula is C19H16N2O4S2. The molecule has 8 heteroatoms. The van der Waals surface area contributed by atoms with Crippen molar-refractivity contribution in [2.45, 2.75) is 31.7 Å². The van der Waals surface area contributed by atoms with E-state index in [1.54, 1.807) is 18.2 Å². The summed E-state index contributed by atoms with van der Waals surface area (Å²) >= 11 is 6.77. The molecule has 0 saturated heterocycles. The van der Waals surface area contributed by atoms with Crippen molar-refractivity contribution in [1.82, 2.24) is 4.57 Å². The molecule has 138 valence electrons. The van der Waals surface area contributed by atoms with Gasteiger partial charge in [-0.3, -0.25) is 9.36 Å². The highest BCUT2D eigenvalue weighted by atomic mass is 32.1. The third-order valence-electron chi connectivity index (χ3n) is 5.12. The second-order valence-electron chi connectivity index (χ2n) is 6.79. The predicted molar refractivity (Wildman–Crippen MR) is 103 cm³/mol. The van der Waals surface area contributed by atoms with Crippen LogP contribution in [0, 0.1) is 3.95 Å². The molecule has 1 fully saturated rings. The Morgan fingerprint density at radius 3 is 2.78 bits per heavy atom. The maximum absolute atomic E-state index is 12.5. The second kappa shape index (κ2) is 6.31. The molecule has 1 amide bonds. The molecule has 0 spiro atoms. The number of hydrogen-bond donors (Lipinski definition) is 1. The summed E-state index contributed by atoms with van der Waals surface area (Å²) in [6.45, 7) is 0.167. The van der Waals surface area contributed by atoms with Gasteiger partial charge in [-0.25, -0.2) is 4.99 Å². The van der Waals surface area contributed by atoms with Crippen molar-refractivity contribution in [3.05, 3.63) is 37.1 Å². The Balaban J connectivity index is 1.59. The lowest BCUT2D eigenvalue weighted by atomic mass is 10.1. The molecule has 0 atom stereocenters. The van der Waals surface area contributed by atoms with Crippen molar-refractivity contribution < 1.29 is 19.4 Å². The van der Waals surface area contributed by atoms with Crippen LogP contribution in [0.2, 0.25) is 0 Å². The number of nitrogens with zero attached hydrogens (tertiary/aromatic N) is 2. The number of ether oxygens (including phenoxy) is 2. The molecule has 27 heavy (non-hydrogen) atoms. The van der Waals surface area contributed by atoms with Crippen molar-refractivity contribution in [2.24, 2.45) is 4.99 Å². The third kappa shape index (κ3) is 2.80. The molecule has 2 aromatic rings. The lowest BCUT2D eigenvalue weighted by Crippen LogP contribution is -2.30. The largest absolute Gasteiger partial charge is 0.493 e. The van der Waals surface area contributed by atoms with E-state index in [9.17, 15) is 9.90 Å². The Kier molecular flexibility index (Phi) is 3.91. The van der Waals surface area contributed by atoms with Crippen LogP contribution in [0.1, 0.15) is 36.6 Å². The van der Waals surface area contributed by atoms with Gasteiger partial charge >= 0.3 is 0 Å². The highest BCUT2D eigenvalue weighted by Crippen LogP contribution is 2.38. The molecule has 6 nitrogen and oxygen atoms in total. The third-order valence-corrected chi connectivity index (χ3v) is 6.46. The van der Waals surface area contributed by atoms with Crippen molar-refractivity contribution in [1.29, 1.82) is 0 Å². The van der Waals surface area contributed by atoms with Crippen molar-refractivity contribution in [2.75, 3.05) is 6.79 Å². The van der Waals surface area contributed by atoms with Gasteiger partial charge in [0.15, 0.2) is 15.5 Å². The SMILES string of the molecule is O=C1N=c2cc3c(cc2=C/C1=C/c1sc(=S)n(C2CCCC2)c1O)OCO3. The lowest BCUT2D eigenvalue weighted by molar-refractivity contribution is -0.114. The average Bonchev–Trinajstić information content (AvgIpc) is 3.35. The first-order valence-corrected chi connectivity index (χ1v) is 10.0. The summed E-state index contributed by atoms with van der Waals surface area (Å²) in [5, 5.41) is 12.0. The van der Waals surface area contributed by atoms with Crippen molar-refractivity contribution in [3.8, 4) is 17.4 Å². The van der Waals surface area contributed by atoms with Crippen molar-refractivity contribution >= 4 is 41.6 Å². The Labute approximate surface area is 163 Å². The minimum absolute atomic E-state index is 0.141. The van der Waals surface area contributed by atoms with Gasteiger partial charge in [-0.05, 0) is 43.3 Å². The maximum Gasteiger partial charge on any atom is 0.277 e. The number of benzene rings is 1. The number of rotatable bonds is 2. The Bertz CT molecular complexity index is 1170. The molecule has 1 aliphatic carbocycles. The van der Waals surface area contributed by atoms with E-state index >= 15 is 0 Å². The predicted octanol–water partition coefficient (Wildman–Crippen LogP) is 2.85. The standard InChI is InChI=1S/C19H16N2O4S2/c22-17-11(5-10-6-14-15(25-9-24-14)8-13(10)20-17)7-16-18(23)21(19(26)27-16)12-3-1-2-4-12/h5-8,12,23H,1-4,9H2/b11-7-. The first kappa shape index (κ1) is 16.7. The quantitative estimate of drug-likeness (QED) is 0.620.